The van der Waals surface area contributed by atoms with Crippen molar-refractivity contribution in [1.82, 2.24) is 0 Å². The molecule has 0 radical (unpaired) electrons. The third kappa shape index (κ3) is 0.816. The van der Waals surface area contributed by atoms with E-state index in [1.54, 1.807) is 11.1 Å². The monoisotopic (exact) mass is 150 g/mol. The Kier molecular flexibility index (Phi) is 1.16. The van der Waals surface area contributed by atoms with Gasteiger partial charge in [0.1, 0.15) is 0 Å². The molecule has 62 valence electrons. The van der Waals surface area contributed by atoms with Crippen molar-refractivity contribution >= 4 is 0 Å². The lowest BCUT2D eigenvalue weighted by atomic mass is 9.84. The fourth-order valence-electron chi connectivity index (χ4n) is 2.72. The second kappa shape index (κ2) is 1.73. The van der Waals surface area contributed by atoms with E-state index in [0.29, 0.717) is 10.8 Å². The molecule has 1 fully saturated rings. The molecule has 0 nitrogen and oxygen atoms in total. The topological polar surface area (TPSA) is 0 Å². The van der Waals surface area contributed by atoms with Gasteiger partial charge in [-0.25, -0.2) is 0 Å². The Hall–Kier alpha value is -0.260. The fourth-order valence-corrected chi connectivity index (χ4v) is 2.72. The first-order chi connectivity index (χ1) is 4.98. The molecule has 0 N–H and O–H groups in total. The lowest BCUT2D eigenvalue weighted by Gasteiger charge is -2.20. The molecule has 2 aliphatic rings. The summed E-state index contributed by atoms with van der Waals surface area (Å²) in [7, 11) is 0. The number of rotatable bonds is 0. The lowest BCUT2D eigenvalue weighted by molar-refractivity contribution is 0.378. The van der Waals surface area contributed by atoms with Gasteiger partial charge in [0.05, 0.1) is 0 Å². The number of hydrogen-bond donors (Lipinski definition) is 0. The van der Waals surface area contributed by atoms with E-state index in [4.69, 9.17) is 0 Å². The second-order valence-corrected chi connectivity index (χ2v) is 5.09. The molecule has 0 aliphatic heterocycles. The van der Waals surface area contributed by atoms with E-state index in [1.807, 2.05) is 0 Å². The normalized spacial score (nSPS) is 31.6. The lowest BCUT2D eigenvalue weighted by Crippen LogP contribution is -2.09. The van der Waals surface area contributed by atoms with E-state index in [9.17, 15) is 0 Å². The van der Waals surface area contributed by atoms with Crippen molar-refractivity contribution in [3.05, 3.63) is 11.1 Å². The van der Waals surface area contributed by atoms with Crippen LogP contribution >= 0.6 is 0 Å². The molecule has 0 aromatic carbocycles. The van der Waals surface area contributed by atoms with Gasteiger partial charge < -0.3 is 0 Å². The Bertz CT molecular complexity index is 214. The summed E-state index contributed by atoms with van der Waals surface area (Å²) in [6.45, 7) is 9.44. The summed E-state index contributed by atoms with van der Waals surface area (Å²) >= 11 is 0. The minimum absolute atomic E-state index is 0.501. The van der Waals surface area contributed by atoms with Crippen LogP contribution in [0.15, 0.2) is 11.1 Å². The highest BCUT2D eigenvalue weighted by atomic mass is 14.6. The van der Waals surface area contributed by atoms with Crippen molar-refractivity contribution < 1.29 is 0 Å². The van der Waals surface area contributed by atoms with Gasteiger partial charge in [-0.3, -0.25) is 0 Å². The van der Waals surface area contributed by atoms with E-state index >= 15 is 0 Å². The first kappa shape index (κ1) is 7.39. The molecule has 0 atom stereocenters. The summed E-state index contributed by atoms with van der Waals surface area (Å²) in [5, 5.41) is 0. The standard InChI is InChI=1S/C11H18/c1-8-9(2)11(5-6-11)7-10(8,3)4/h5-7H2,1-4H3. The summed E-state index contributed by atoms with van der Waals surface area (Å²) < 4.78 is 0. The highest BCUT2D eigenvalue weighted by Crippen LogP contribution is 2.65. The van der Waals surface area contributed by atoms with Crippen LogP contribution in [0.2, 0.25) is 0 Å². The summed E-state index contributed by atoms with van der Waals surface area (Å²) in [5.74, 6) is 0. The van der Waals surface area contributed by atoms with E-state index in [1.165, 1.54) is 19.3 Å². The Morgan fingerprint density at radius 2 is 1.55 bits per heavy atom. The van der Waals surface area contributed by atoms with E-state index in [2.05, 4.69) is 27.7 Å². The Balaban J connectivity index is 2.40. The van der Waals surface area contributed by atoms with Gasteiger partial charge in [-0.15, -0.1) is 0 Å². The maximum atomic E-state index is 2.39. The maximum Gasteiger partial charge on any atom is -0.00793 e. The Labute approximate surface area is 69.7 Å². The van der Waals surface area contributed by atoms with Gasteiger partial charge in [-0.1, -0.05) is 25.0 Å². The quantitative estimate of drug-likeness (QED) is 0.463. The largest absolute Gasteiger partial charge is 0.0682 e. The summed E-state index contributed by atoms with van der Waals surface area (Å²) in [6, 6.07) is 0. The zero-order chi connectivity index (χ0) is 8.28. The van der Waals surface area contributed by atoms with Crippen LogP contribution in [0.25, 0.3) is 0 Å². The zero-order valence-electron chi connectivity index (χ0n) is 8.12. The minimum atomic E-state index is 0.501. The van der Waals surface area contributed by atoms with Gasteiger partial charge in [-0.05, 0) is 43.9 Å². The van der Waals surface area contributed by atoms with Crippen LogP contribution in [0.1, 0.15) is 47.0 Å². The van der Waals surface area contributed by atoms with Crippen LogP contribution in [0, 0.1) is 10.8 Å². The Morgan fingerprint density at radius 1 is 1.00 bits per heavy atom. The molecule has 11 heavy (non-hydrogen) atoms. The van der Waals surface area contributed by atoms with Crippen LogP contribution in [-0.2, 0) is 0 Å². The van der Waals surface area contributed by atoms with Gasteiger partial charge in [0.2, 0.25) is 0 Å². The van der Waals surface area contributed by atoms with Crippen LogP contribution in [0.4, 0.5) is 0 Å². The van der Waals surface area contributed by atoms with Gasteiger partial charge >= 0.3 is 0 Å². The van der Waals surface area contributed by atoms with Crippen LogP contribution in [-0.4, -0.2) is 0 Å². The minimum Gasteiger partial charge on any atom is -0.0682 e. The third-order valence-electron chi connectivity index (χ3n) is 4.01. The molecular weight excluding hydrogens is 132 g/mol. The van der Waals surface area contributed by atoms with E-state index in [0.717, 1.165) is 0 Å². The smallest absolute Gasteiger partial charge is 0.00793 e. The van der Waals surface area contributed by atoms with Gasteiger partial charge in [0.15, 0.2) is 0 Å². The van der Waals surface area contributed by atoms with Crippen molar-refractivity contribution in [3.8, 4) is 0 Å². The summed E-state index contributed by atoms with van der Waals surface area (Å²) in [4.78, 5) is 0. The fraction of sp³-hybridized carbons (Fsp3) is 0.818. The van der Waals surface area contributed by atoms with E-state index in [-0.39, 0.29) is 0 Å². The molecule has 0 bridgehead atoms. The van der Waals surface area contributed by atoms with Crippen LogP contribution in [0.5, 0.6) is 0 Å². The molecule has 0 heterocycles. The second-order valence-electron chi connectivity index (χ2n) is 5.09. The van der Waals surface area contributed by atoms with Crippen LogP contribution < -0.4 is 0 Å². The highest BCUT2D eigenvalue weighted by Gasteiger charge is 2.53. The molecule has 2 aliphatic carbocycles. The van der Waals surface area contributed by atoms with Crippen molar-refractivity contribution in [1.29, 1.82) is 0 Å². The average molecular weight is 150 g/mol. The molecule has 0 unspecified atom stereocenters. The zero-order valence-corrected chi connectivity index (χ0v) is 8.12. The molecule has 0 amide bonds. The molecule has 1 saturated carbocycles. The molecule has 0 aromatic heterocycles. The van der Waals surface area contributed by atoms with Crippen molar-refractivity contribution in [2.24, 2.45) is 10.8 Å². The van der Waals surface area contributed by atoms with E-state index < -0.39 is 0 Å². The van der Waals surface area contributed by atoms with Crippen molar-refractivity contribution in [2.45, 2.75) is 47.0 Å². The van der Waals surface area contributed by atoms with Crippen molar-refractivity contribution in [2.75, 3.05) is 0 Å². The summed E-state index contributed by atoms with van der Waals surface area (Å²) in [5.41, 5.74) is 4.56. The maximum absolute atomic E-state index is 2.39. The van der Waals surface area contributed by atoms with Crippen molar-refractivity contribution in [3.63, 3.8) is 0 Å². The first-order valence-corrected chi connectivity index (χ1v) is 4.66. The number of allylic oxidation sites excluding steroid dienone is 2. The summed E-state index contributed by atoms with van der Waals surface area (Å²) in [6.07, 6.45) is 4.33. The molecule has 0 saturated heterocycles. The molecule has 2 rings (SSSR count). The highest BCUT2D eigenvalue weighted by molar-refractivity contribution is 5.35. The molecule has 1 spiro atoms. The third-order valence-corrected chi connectivity index (χ3v) is 4.01. The molecule has 0 heteroatoms. The average Bonchev–Trinajstić information content (AvgIpc) is 2.62. The molecule has 0 aromatic rings. The van der Waals surface area contributed by atoms with Gasteiger partial charge in [-0.2, -0.15) is 0 Å². The van der Waals surface area contributed by atoms with Gasteiger partial charge in [0.25, 0.3) is 0 Å². The number of hydrogen-bond acceptors (Lipinski definition) is 0. The predicted molar refractivity (Wildman–Crippen MR) is 48.4 cm³/mol. The molecular formula is C11H18. The van der Waals surface area contributed by atoms with Crippen LogP contribution in [0.3, 0.4) is 0 Å². The first-order valence-electron chi connectivity index (χ1n) is 4.66. The van der Waals surface area contributed by atoms with Gasteiger partial charge in [0, 0.05) is 0 Å². The Morgan fingerprint density at radius 3 is 1.73 bits per heavy atom. The predicted octanol–water partition coefficient (Wildman–Crippen LogP) is 3.53. The SMILES string of the molecule is CC1=C(C)C2(CC2)CC1(C)C.